The van der Waals surface area contributed by atoms with Crippen molar-refractivity contribution in [1.29, 1.82) is 0 Å². The fraction of sp³-hybridized carbons (Fsp3) is 0.182. The van der Waals surface area contributed by atoms with E-state index in [2.05, 4.69) is 35.4 Å². The first-order valence-electron chi connectivity index (χ1n) is 4.56. The molecule has 0 bridgehead atoms. The van der Waals surface area contributed by atoms with Gasteiger partial charge in [-0.05, 0) is 12.0 Å². The molecule has 0 aliphatic rings. The second-order valence-electron chi connectivity index (χ2n) is 2.86. The van der Waals surface area contributed by atoms with Crippen molar-refractivity contribution in [2.24, 2.45) is 0 Å². The third-order valence-electron chi connectivity index (χ3n) is 1.91. The number of hydrogen-bond donors (Lipinski definition) is 0. The number of thiazole rings is 1. The molecule has 0 saturated heterocycles. The molecule has 0 saturated carbocycles. The molecule has 74 valence electrons. The normalized spacial score (nSPS) is 9.27. The summed E-state index contributed by atoms with van der Waals surface area (Å²) in [6.45, 7) is 0. The molecule has 0 aliphatic carbocycles. The van der Waals surface area contributed by atoms with Crippen LogP contribution in [0.25, 0.3) is 0 Å². The molecule has 0 unspecified atom stereocenters. The number of aryl methyl sites for hydroxylation is 2. The number of rotatable bonds is 3. The summed E-state index contributed by atoms with van der Waals surface area (Å²) in [5.41, 5.74) is 1.37. The van der Waals surface area contributed by atoms with E-state index in [-0.39, 0.29) is 0 Å². The molecule has 0 amide bonds. The molecule has 15 heavy (non-hydrogen) atoms. The Morgan fingerprint density at radius 1 is 1.20 bits per heavy atom. The summed E-state index contributed by atoms with van der Waals surface area (Å²) in [6, 6.07) is 10.5. The van der Waals surface area contributed by atoms with E-state index < -0.39 is 0 Å². The van der Waals surface area contributed by atoms with Gasteiger partial charge in [-0.25, -0.2) is 11.3 Å². The molecule has 1 heterocycles. The second-order valence-corrected chi connectivity index (χ2v) is 3.80. The second kappa shape index (κ2) is 7.98. The fourth-order valence-electron chi connectivity index (χ4n) is 1.23. The van der Waals surface area contributed by atoms with Gasteiger partial charge in [-0.15, -0.1) is 6.20 Å². The van der Waals surface area contributed by atoms with Crippen molar-refractivity contribution in [3.05, 3.63) is 52.5 Å². The van der Waals surface area contributed by atoms with Crippen molar-refractivity contribution >= 4 is 21.0 Å². The minimum atomic E-state index is 0.847. The standard InChI is InChI=1S/C11H10NS.ClH.Zn/c1-2-4-10(5-3-1)6-7-11-12-8-9-13-11;;/h1-5,9H,6-7H2;1H;/q-1;;+2/p-1. The summed E-state index contributed by atoms with van der Waals surface area (Å²) in [5, 5.41) is 3.07. The minimum absolute atomic E-state index is 0.847. The molecule has 0 N–H and O–H groups in total. The third kappa shape index (κ3) is 4.88. The number of nitrogens with zero attached hydrogens (tertiary/aromatic N) is 1. The SMILES string of the molecule is [Cl][Zn+].[c-]1csc(CCc2ccccc2)n1. The third-order valence-corrected chi connectivity index (χ3v) is 2.70. The van der Waals surface area contributed by atoms with Crippen molar-refractivity contribution in [3.63, 3.8) is 0 Å². The first kappa shape index (κ1) is 12.8. The first-order valence-corrected chi connectivity index (χ1v) is 9.34. The zero-order valence-electron chi connectivity index (χ0n) is 8.32. The molecule has 2 rings (SSSR count). The molecule has 1 aromatic carbocycles. The quantitative estimate of drug-likeness (QED) is 0.623. The molecule has 0 spiro atoms. The van der Waals surface area contributed by atoms with E-state index in [0.717, 1.165) is 30.2 Å². The van der Waals surface area contributed by atoms with Crippen LogP contribution in [0.2, 0.25) is 0 Å². The average molecular weight is 289 g/mol. The number of aromatic nitrogens is 1. The van der Waals surface area contributed by atoms with Crippen molar-refractivity contribution < 1.29 is 17.3 Å². The Bertz CT molecular complexity index is 350. The van der Waals surface area contributed by atoms with Gasteiger partial charge in [0.25, 0.3) is 0 Å². The molecular formula is C11H10ClNSZn. The van der Waals surface area contributed by atoms with Gasteiger partial charge in [0.05, 0.1) is 0 Å². The molecule has 1 nitrogen and oxygen atoms in total. The minimum Gasteiger partial charge on any atom is -0.446 e. The zero-order chi connectivity index (χ0) is 10.9. The zero-order valence-corrected chi connectivity index (χ0v) is 12.9. The molecular weight excluding hydrogens is 279 g/mol. The van der Waals surface area contributed by atoms with Crippen LogP contribution in [0.15, 0.2) is 35.7 Å². The number of halogens is 1. The van der Waals surface area contributed by atoms with E-state index in [1.807, 2.05) is 11.4 Å². The molecule has 2 aromatic rings. The van der Waals surface area contributed by atoms with E-state index >= 15 is 0 Å². The Kier molecular flexibility index (Phi) is 6.83. The maximum atomic E-state index is 4.76. The van der Waals surface area contributed by atoms with E-state index in [4.69, 9.17) is 9.69 Å². The Morgan fingerprint density at radius 3 is 2.53 bits per heavy atom. The van der Waals surface area contributed by atoms with Gasteiger partial charge in [0, 0.05) is 0 Å². The Labute approximate surface area is 108 Å². The van der Waals surface area contributed by atoms with Gasteiger partial charge in [0.2, 0.25) is 0 Å². The first-order chi connectivity index (χ1) is 7.45. The van der Waals surface area contributed by atoms with Crippen molar-refractivity contribution in [2.45, 2.75) is 12.8 Å². The summed E-state index contributed by atoms with van der Waals surface area (Å²) < 4.78 is 0. The fourth-order valence-corrected chi connectivity index (χ4v) is 1.80. The molecule has 4 heteroatoms. The predicted molar refractivity (Wildman–Crippen MR) is 60.7 cm³/mol. The van der Waals surface area contributed by atoms with E-state index in [1.165, 1.54) is 10.6 Å². The summed E-state index contributed by atoms with van der Waals surface area (Å²) in [6.07, 6.45) is 4.93. The van der Waals surface area contributed by atoms with Gasteiger partial charge in [-0.1, -0.05) is 47.1 Å². The number of hydrogen-bond acceptors (Lipinski definition) is 2. The maximum absolute atomic E-state index is 4.76. The van der Waals surface area contributed by atoms with Crippen LogP contribution < -0.4 is 0 Å². The summed E-state index contributed by atoms with van der Waals surface area (Å²) in [4.78, 5) is 4.12. The van der Waals surface area contributed by atoms with Crippen LogP contribution in [-0.4, -0.2) is 4.98 Å². The van der Waals surface area contributed by atoms with E-state index in [1.54, 1.807) is 11.3 Å². The smallest absolute Gasteiger partial charge is 0.0371 e. The van der Waals surface area contributed by atoms with Crippen LogP contribution in [0.1, 0.15) is 10.6 Å². The van der Waals surface area contributed by atoms with Gasteiger partial charge in [-0.2, -0.15) is 0 Å². The maximum Gasteiger partial charge on any atom is -0.0371 e. The van der Waals surface area contributed by atoms with Crippen LogP contribution in [0.4, 0.5) is 0 Å². The monoisotopic (exact) mass is 287 g/mol. The van der Waals surface area contributed by atoms with Gasteiger partial charge < -0.3 is 4.98 Å². The average Bonchev–Trinajstić information content (AvgIpc) is 2.83. The molecule has 0 fully saturated rings. The van der Waals surface area contributed by atoms with Gasteiger partial charge in [0.15, 0.2) is 0 Å². The molecule has 0 aliphatic heterocycles. The van der Waals surface area contributed by atoms with E-state index in [0.29, 0.717) is 0 Å². The van der Waals surface area contributed by atoms with Crippen molar-refractivity contribution in [2.75, 3.05) is 0 Å². The van der Waals surface area contributed by atoms with Crippen LogP contribution in [0, 0.1) is 6.20 Å². The van der Waals surface area contributed by atoms with Crippen LogP contribution in [0.5, 0.6) is 0 Å². The van der Waals surface area contributed by atoms with Crippen LogP contribution in [0.3, 0.4) is 0 Å². The van der Waals surface area contributed by atoms with Gasteiger partial charge in [-0.3, -0.25) is 0 Å². The van der Waals surface area contributed by atoms with Crippen molar-refractivity contribution in [3.8, 4) is 0 Å². The number of benzene rings is 1. The van der Waals surface area contributed by atoms with Crippen molar-refractivity contribution in [1.82, 2.24) is 4.98 Å². The topological polar surface area (TPSA) is 12.9 Å². The Hall–Kier alpha value is -0.237. The molecule has 0 atom stereocenters. The molecule has 1 aromatic heterocycles. The predicted octanol–water partition coefficient (Wildman–Crippen LogP) is 3.42. The van der Waals surface area contributed by atoms with Crippen LogP contribution >= 0.6 is 21.0 Å². The van der Waals surface area contributed by atoms with Gasteiger partial charge >= 0.3 is 27.0 Å². The summed E-state index contributed by atoms with van der Waals surface area (Å²) in [7, 11) is 4.76. The Morgan fingerprint density at radius 2 is 1.93 bits per heavy atom. The van der Waals surface area contributed by atoms with Crippen LogP contribution in [-0.2, 0) is 30.2 Å². The summed E-state index contributed by atoms with van der Waals surface area (Å²) >= 11 is 2.52. The summed E-state index contributed by atoms with van der Waals surface area (Å²) in [5.74, 6) is 0. The molecule has 0 radical (unpaired) electrons. The Balaban J connectivity index is 0.000000531. The van der Waals surface area contributed by atoms with Gasteiger partial charge in [0.1, 0.15) is 0 Å². The van der Waals surface area contributed by atoms with E-state index in [9.17, 15) is 0 Å². The largest absolute Gasteiger partial charge is 0.446 e.